The van der Waals surface area contributed by atoms with Crippen molar-refractivity contribution in [3.8, 4) is 11.4 Å². The van der Waals surface area contributed by atoms with E-state index in [0.717, 1.165) is 12.1 Å². The maximum absolute atomic E-state index is 13.6. The highest BCUT2D eigenvalue weighted by molar-refractivity contribution is 5.93. The van der Waals surface area contributed by atoms with Crippen molar-refractivity contribution in [2.45, 2.75) is 0 Å². The van der Waals surface area contributed by atoms with E-state index in [0.29, 0.717) is 22.4 Å². The SMILES string of the molecule is Cn1ccc(-c2nc3cc(C(=O)O)c(F)cc3[nH]2)cc1=O. The number of H-pyrrole nitrogens is 1. The Kier molecular flexibility index (Phi) is 2.83. The smallest absolute Gasteiger partial charge is 0.338 e. The highest BCUT2D eigenvalue weighted by atomic mass is 19.1. The molecule has 0 aliphatic rings. The zero-order chi connectivity index (χ0) is 15.1. The molecule has 0 aliphatic carbocycles. The molecule has 21 heavy (non-hydrogen) atoms. The van der Waals surface area contributed by atoms with Gasteiger partial charge in [-0.3, -0.25) is 4.79 Å². The van der Waals surface area contributed by atoms with Gasteiger partial charge < -0.3 is 14.7 Å². The molecule has 7 heteroatoms. The van der Waals surface area contributed by atoms with E-state index < -0.39 is 17.3 Å². The molecular weight excluding hydrogens is 277 g/mol. The third-order valence-corrected chi connectivity index (χ3v) is 3.18. The van der Waals surface area contributed by atoms with Crippen molar-refractivity contribution >= 4 is 17.0 Å². The summed E-state index contributed by atoms with van der Waals surface area (Å²) in [4.78, 5) is 29.6. The normalized spacial score (nSPS) is 11.0. The predicted molar refractivity (Wildman–Crippen MR) is 73.7 cm³/mol. The molecule has 1 aromatic carbocycles. The van der Waals surface area contributed by atoms with E-state index in [-0.39, 0.29) is 5.56 Å². The van der Waals surface area contributed by atoms with Crippen LogP contribution in [0.25, 0.3) is 22.4 Å². The summed E-state index contributed by atoms with van der Waals surface area (Å²) in [7, 11) is 1.62. The molecule has 3 rings (SSSR count). The summed E-state index contributed by atoms with van der Waals surface area (Å²) in [5.74, 6) is -1.81. The third kappa shape index (κ3) is 2.18. The van der Waals surface area contributed by atoms with Crippen molar-refractivity contribution in [1.29, 1.82) is 0 Å². The Morgan fingerprint density at radius 3 is 2.81 bits per heavy atom. The Morgan fingerprint density at radius 1 is 1.38 bits per heavy atom. The van der Waals surface area contributed by atoms with Crippen LogP contribution >= 0.6 is 0 Å². The number of nitrogens with one attached hydrogen (secondary N) is 1. The molecule has 106 valence electrons. The van der Waals surface area contributed by atoms with Crippen LogP contribution in [0, 0.1) is 5.82 Å². The first-order valence-corrected chi connectivity index (χ1v) is 6.05. The number of nitrogens with zero attached hydrogens (tertiary/aromatic N) is 2. The highest BCUT2D eigenvalue weighted by Gasteiger charge is 2.14. The van der Waals surface area contributed by atoms with E-state index in [1.165, 1.54) is 10.6 Å². The summed E-state index contributed by atoms with van der Waals surface area (Å²) in [6.45, 7) is 0. The van der Waals surface area contributed by atoms with Gasteiger partial charge in [0.05, 0.1) is 16.6 Å². The number of imidazole rings is 1. The van der Waals surface area contributed by atoms with Crippen LogP contribution in [-0.4, -0.2) is 25.6 Å². The molecule has 3 aromatic rings. The van der Waals surface area contributed by atoms with Gasteiger partial charge in [-0.2, -0.15) is 0 Å². The van der Waals surface area contributed by atoms with Crippen LogP contribution in [0.5, 0.6) is 0 Å². The minimum absolute atomic E-state index is 0.203. The van der Waals surface area contributed by atoms with E-state index in [2.05, 4.69) is 9.97 Å². The summed E-state index contributed by atoms with van der Waals surface area (Å²) >= 11 is 0. The van der Waals surface area contributed by atoms with Crippen LogP contribution in [0.3, 0.4) is 0 Å². The number of benzene rings is 1. The van der Waals surface area contributed by atoms with E-state index in [9.17, 15) is 14.0 Å². The van der Waals surface area contributed by atoms with Crippen molar-refractivity contribution in [3.63, 3.8) is 0 Å². The second kappa shape index (κ2) is 4.55. The Balaban J connectivity index is 2.19. The quantitative estimate of drug-likeness (QED) is 0.751. The highest BCUT2D eigenvalue weighted by Crippen LogP contribution is 2.22. The van der Waals surface area contributed by atoms with E-state index >= 15 is 0 Å². The molecule has 0 atom stereocenters. The Morgan fingerprint density at radius 2 is 2.14 bits per heavy atom. The molecule has 0 spiro atoms. The molecule has 0 aliphatic heterocycles. The van der Waals surface area contributed by atoms with Crippen molar-refractivity contribution < 1.29 is 14.3 Å². The summed E-state index contributed by atoms with van der Waals surface area (Å²) in [6.07, 6.45) is 1.59. The number of aromatic amines is 1. The van der Waals surface area contributed by atoms with Gasteiger partial charge in [-0.1, -0.05) is 0 Å². The van der Waals surface area contributed by atoms with Crippen molar-refractivity contribution in [2.24, 2.45) is 7.05 Å². The summed E-state index contributed by atoms with van der Waals surface area (Å²) in [5, 5.41) is 8.89. The second-order valence-corrected chi connectivity index (χ2v) is 4.60. The average molecular weight is 287 g/mol. The van der Waals surface area contributed by atoms with Crippen molar-refractivity contribution in [3.05, 3.63) is 52.2 Å². The van der Waals surface area contributed by atoms with Gasteiger partial charge in [0, 0.05) is 30.9 Å². The summed E-state index contributed by atoms with van der Waals surface area (Å²) < 4.78 is 15.0. The van der Waals surface area contributed by atoms with Crippen LogP contribution < -0.4 is 5.56 Å². The van der Waals surface area contributed by atoms with E-state index in [1.54, 1.807) is 19.3 Å². The lowest BCUT2D eigenvalue weighted by Gasteiger charge is -1.98. The molecule has 0 bridgehead atoms. The van der Waals surface area contributed by atoms with Crippen LogP contribution in [0.15, 0.2) is 35.3 Å². The maximum Gasteiger partial charge on any atom is 0.338 e. The molecule has 2 heterocycles. The fourth-order valence-electron chi connectivity index (χ4n) is 2.03. The molecule has 2 aromatic heterocycles. The fourth-order valence-corrected chi connectivity index (χ4v) is 2.03. The number of carbonyl (C=O) groups is 1. The zero-order valence-corrected chi connectivity index (χ0v) is 10.9. The average Bonchev–Trinajstić information content (AvgIpc) is 2.83. The maximum atomic E-state index is 13.6. The van der Waals surface area contributed by atoms with Gasteiger partial charge in [-0.25, -0.2) is 14.2 Å². The Labute approximate surface area is 117 Å². The molecule has 0 saturated heterocycles. The van der Waals surface area contributed by atoms with E-state index in [4.69, 9.17) is 5.11 Å². The molecular formula is C14H10FN3O3. The number of hydrogen-bond acceptors (Lipinski definition) is 3. The number of pyridine rings is 1. The molecule has 0 saturated carbocycles. The monoisotopic (exact) mass is 287 g/mol. The number of aromatic carboxylic acids is 1. The molecule has 6 nitrogen and oxygen atoms in total. The van der Waals surface area contributed by atoms with Gasteiger partial charge in [-0.15, -0.1) is 0 Å². The van der Waals surface area contributed by atoms with Gasteiger partial charge in [-0.05, 0) is 12.1 Å². The Bertz CT molecular complexity index is 927. The first-order valence-electron chi connectivity index (χ1n) is 6.05. The Hall–Kier alpha value is -2.96. The number of halogens is 1. The van der Waals surface area contributed by atoms with Gasteiger partial charge in [0.25, 0.3) is 5.56 Å². The first-order chi connectivity index (χ1) is 9.95. The van der Waals surface area contributed by atoms with Gasteiger partial charge in [0.1, 0.15) is 11.6 Å². The van der Waals surface area contributed by atoms with Crippen LogP contribution in [0.4, 0.5) is 4.39 Å². The summed E-state index contributed by atoms with van der Waals surface area (Å²) in [6, 6.07) is 5.32. The van der Waals surface area contributed by atoms with Crippen LogP contribution in [0.1, 0.15) is 10.4 Å². The number of carboxylic acids is 1. The van der Waals surface area contributed by atoms with Crippen LogP contribution in [0.2, 0.25) is 0 Å². The number of aryl methyl sites for hydroxylation is 1. The van der Waals surface area contributed by atoms with Gasteiger partial charge in [0.15, 0.2) is 0 Å². The minimum atomic E-state index is -1.35. The van der Waals surface area contributed by atoms with Gasteiger partial charge >= 0.3 is 5.97 Å². The summed E-state index contributed by atoms with van der Waals surface area (Å²) in [5.41, 5.74) is 0.596. The first kappa shape index (κ1) is 13.0. The molecule has 2 N–H and O–H groups in total. The fraction of sp³-hybridized carbons (Fsp3) is 0.0714. The lowest BCUT2D eigenvalue weighted by Crippen LogP contribution is -2.14. The number of hydrogen-bond donors (Lipinski definition) is 2. The predicted octanol–water partition coefficient (Wildman–Crippen LogP) is 1.77. The lowest BCUT2D eigenvalue weighted by atomic mass is 10.2. The molecule has 0 radical (unpaired) electrons. The molecule has 0 unspecified atom stereocenters. The van der Waals surface area contributed by atoms with Crippen molar-refractivity contribution in [2.75, 3.05) is 0 Å². The number of fused-ring (bicyclic) bond motifs is 1. The molecule has 0 amide bonds. The second-order valence-electron chi connectivity index (χ2n) is 4.60. The standard InChI is InChI=1S/C14H10FN3O3/c1-18-3-2-7(4-12(18)19)13-16-10-5-8(14(20)21)9(15)6-11(10)17-13/h2-6H,1H3,(H,16,17)(H,20,21). The third-order valence-electron chi connectivity index (χ3n) is 3.18. The minimum Gasteiger partial charge on any atom is -0.478 e. The number of carboxylic acid groups (broad SMARTS) is 1. The van der Waals surface area contributed by atoms with E-state index in [1.807, 2.05) is 0 Å². The largest absolute Gasteiger partial charge is 0.478 e. The lowest BCUT2D eigenvalue weighted by molar-refractivity contribution is 0.0692. The van der Waals surface area contributed by atoms with Gasteiger partial charge in [0.2, 0.25) is 0 Å². The number of aromatic nitrogens is 3. The van der Waals surface area contributed by atoms with Crippen LogP contribution in [-0.2, 0) is 7.05 Å². The zero-order valence-electron chi connectivity index (χ0n) is 10.9. The topological polar surface area (TPSA) is 88.0 Å². The molecule has 0 fully saturated rings. The number of rotatable bonds is 2. The van der Waals surface area contributed by atoms with Crippen molar-refractivity contribution in [1.82, 2.24) is 14.5 Å².